The standard InChI is InChI=1S/C24H29ClN4O2S/c1-2-3-16-31-19-7-4-6-18(17-19)23(30)26-10-11-28-12-14-29(15-13-28)24-27-22-20(25)8-5-9-21(22)32-24/h4-9,17H,2-3,10-16H2,1H3,(H,26,30). The summed E-state index contributed by atoms with van der Waals surface area (Å²) in [7, 11) is 0. The number of unbranched alkanes of at least 4 members (excludes halogenated alkanes) is 1. The van der Waals surface area contributed by atoms with E-state index in [9.17, 15) is 4.79 Å². The van der Waals surface area contributed by atoms with E-state index in [0.717, 1.165) is 66.7 Å². The molecule has 2 heterocycles. The van der Waals surface area contributed by atoms with E-state index in [0.29, 0.717) is 23.7 Å². The number of ether oxygens (including phenoxy) is 1. The highest BCUT2D eigenvalue weighted by molar-refractivity contribution is 7.22. The fourth-order valence-corrected chi connectivity index (χ4v) is 5.01. The molecule has 1 N–H and O–H groups in total. The molecule has 0 radical (unpaired) electrons. The molecule has 2 aromatic carbocycles. The van der Waals surface area contributed by atoms with Crippen LogP contribution in [0.25, 0.3) is 10.2 Å². The second kappa shape index (κ2) is 11.0. The van der Waals surface area contributed by atoms with E-state index in [-0.39, 0.29) is 5.91 Å². The van der Waals surface area contributed by atoms with Gasteiger partial charge in [0.25, 0.3) is 5.91 Å². The molecule has 1 saturated heterocycles. The molecule has 1 amide bonds. The molecular formula is C24H29ClN4O2S. The summed E-state index contributed by atoms with van der Waals surface area (Å²) in [6.45, 7) is 7.99. The molecule has 0 bridgehead atoms. The van der Waals surface area contributed by atoms with E-state index in [1.54, 1.807) is 11.3 Å². The van der Waals surface area contributed by atoms with Crippen LogP contribution in [0, 0.1) is 0 Å². The third-order valence-electron chi connectivity index (χ3n) is 5.58. The number of carbonyl (C=O) groups excluding carboxylic acids is 1. The highest BCUT2D eigenvalue weighted by atomic mass is 35.5. The minimum Gasteiger partial charge on any atom is -0.494 e. The SMILES string of the molecule is CCCCOc1cccc(C(=O)NCCN2CCN(c3nc4c(Cl)cccc4s3)CC2)c1. The number of aromatic nitrogens is 1. The van der Waals surface area contributed by atoms with Crippen LogP contribution in [0.3, 0.4) is 0 Å². The Kier molecular flexibility index (Phi) is 7.84. The van der Waals surface area contributed by atoms with Gasteiger partial charge in [-0.2, -0.15) is 0 Å². The molecule has 3 aromatic rings. The molecule has 0 saturated carbocycles. The molecule has 170 valence electrons. The lowest BCUT2D eigenvalue weighted by Gasteiger charge is -2.34. The van der Waals surface area contributed by atoms with Crippen LogP contribution in [0.1, 0.15) is 30.1 Å². The summed E-state index contributed by atoms with van der Waals surface area (Å²) in [6.07, 6.45) is 2.10. The van der Waals surface area contributed by atoms with Gasteiger partial charge in [0.1, 0.15) is 11.3 Å². The van der Waals surface area contributed by atoms with Gasteiger partial charge in [-0.1, -0.05) is 48.4 Å². The number of hydrogen-bond donors (Lipinski definition) is 1. The Morgan fingerprint density at radius 1 is 1.19 bits per heavy atom. The van der Waals surface area contributed by atoms with Crippen LogP contribution in [0.5, 0.6) is 5.75 Å². The molecule has 0 aliphatic carbocycles. The molecule has 0 atom stereocenters. The lowest BCUT2D eigenvalue weighted by atomic mass is 10.2. The Balaban J connectivity index is 1.21. The van der Waals surface area contributed by atoms with Gasteiger partial charge >= 0.3 is 0 Å². The lowest BCUT2D eigenvalue weighted by Crippen LogP contribution is -2.48. The molecule has 8 heteroatoms. The van der Waals surface area contributed by atoms with Crippen LogP contribution >= 0.6 is 22.9 Å². The maximum absolute atomic E-state index is 12.5. The van der Waals surface area contributed by atoms with Gasteiger partial charge in [-0.05, 0) is 36.8 Å². The Morgan fingerprint density at radius 2 is 2.00 bits per heavy atom. The molecule has 6 nitrogen and oxygen atoms in total. The maximum Gasteiger partial charge on any atom is 0.251 e. The zero-order valence-electron chi connectivity index (χ0n) is 18.3. The molecule has 1 aliphatic heterocycles. The van der Waals surface area contributed by atoms with Crippen LogP contribution < -0.4 is 15.0 Å². The molecule has 0 spiro atoms. The quantitative estimate of drug-likeness (QED) is 0.458. The van der Waals surface area contributed by atoms with E-state index in [1.807, 2.05) is 36.4 Å². The van der Waals surface area contributed by atoms with E-state index >= 15 is 0 Å². The molecule has 1 aromatic heterocycles. The van der Waals surface area contributed by atoms with Gasteiger partial charge in [0.05, 0.1) is 16.3 Å². The van der Waals surface area contributed by atoms with Gasteiger partial charge in [-0.3, -0.25) is 9.69 Å². The minimum atomic E-state index is -0.0593. The fraction of sp³-hybridized carbons (Fsp3) is 0.417. The van der Waals surface area contributed by atoms with Crippen molar-refractivity contribution < 1.29 is 9.53 Å². The number of rotatable bonds is 9. The second-order valence-corrected chi connectivity index (χ2v) is 9.31. The summed E-state index contributed by atoms with van der Waals surface area (Å²) in [5.74, 6) is 0.689. The average Bonchev–Trinajstić information content (AvgIpc) is 3.26. The monoisotopic (exact) mass is 472 g/mol. The van der Waals surface area contributed by atoms with Crippen LogP contribution in [0.15, 0.2) is 42.5 Å². The van der Waals surface area contributed by atoms with Gasteiger partial charge in [0.2, 0.25) is 0 Å². The van der Waals surface area contributed by atoms with Crippen molar-refractivity contribution in [3.63, 3.8) is 0 Å². The van der Waals surface area contributed by atoms with E-state index in [1.165, 1.54) is 0 Å². The van der Waals surface area contributed by atoms with Gasteiger partial charge in [-0.15, -0.1) is 0 Å². The molecular weight excluding hydrogens is 444 g/mol. The predicted molar refractivity (Wildman–Crippen MR) is 132 cm³/mol. The number of carbonyl (C=O) groups is 1. The summed E-state index contributed by atoms with van der Waals surface area (Å²) < 4.78 is 6.83. The number of thiazole rings is 1. The van der Waals surface area contributed by atoms with E-state index in [4.69, 9.17) is 21.3 Å². The number of fused-ring (bicyclic) bond motifs is 1. The van der Waals surface area contributed by atoms with E-state index in [2.05, 4.69) is 28.1 Å². The number of nitrogens with zero attached hydrogens (tertiary/aromatic N) is 3. The van der Waals surface area contributed by atoms with Crippen molar-refractivity contribution in [1.29, 1.82) is 0 Å². The van der Waals surface area contributed by atoms with Crippen LogP contribution in [0.4, 0.5) is 5.13 Å². The summed E-state index contributed by atoms with van der Waals surface area (Å²) in [5, 5.41) is 4.77. The second-order valence-electron chi connectivity index (χ2n) is 7.90. The van der Waals surface area contributed by atoms with Crippen LogP contribution in [-0.4, -0.2) is 61.7 Å². The van der Waals surface area contributed by atoms with Crippen molar-refractivity contribution in [1.82, 2.24) is 15.2 Å². The molecule has 0 unspecified atom stereocenters. The largest absolute Gasteiger partial charge is 0.494 e. The zero-order chi connectivity index (χ0) is 22.3. The third-order valence-corrected chi connectivity index (χ3v) is 6.96. The Morgan fingerprint density at radius 3 is 2.78 bits per heavy atom. The summed E-state index contributed by atoms with van der Waals surface area (Å²) in [6, 6.07) is 13.3. The highest BCUT2D eigenvalue weighted by Gasteiger charge is 2.20. The number of hydrogen-bond acceptors (Lipinski definition) is 6. The van der Waals surface area contributed by atoms with Crippen LogP contribution in [-0.2, 0) is 0 Å². The van der Waals surface area contributed by atoms with Gasteiger partial charge in [0, 0.05) is 44.8 Å². The Bertz CT molecular complexity index is 1050. The predicted octanol–water partition coefficient (Wildman–Crippen LogP) is 4.68. The number of nitrogens with one attached hydrogen (secondary N) is 1. The Labute approximate surface area is 198 Å². The van der Waals surface area contributed by atoms with Crippen molar-refractivity contribution in [3.05, 3.63) is 53.1 Å². The summed E-state index contributed by atoms with van der Waals surface area (Å²) >= 11 is 7.96. The number of benzene rings is 2. The number of amides is 1. The number of para-hydroxylation sites is 1. The molecule has 1 fully saturated rings. The maximum atomic E-state index is 12.5. The first-order valence-corrected chi connectivity index (χ1v) is 12.4. The van der Waals surface area contributed by atoms with Gasteiger partial charge in [0.15, 0.2) is 5.13 Å². The molecule has 4 rings (SSSR count). The zero-order valence-corrected chi connectivity index (χ0v) is 19.9. The van der Waals surface area contributed by atoms with Crippen molar-refractivity contribution in [2.24, 2.45) is 0 Å². The molecule has 32 heavy (non-hydrogen) atoms. The van der Waals surface area contributed by atoms with Crippen molar-refractivity contribution >= 4 is 44.2 Å². The van der Waals surface area contributed by atoms with Crippen molar-refractivity contribution in [2.75, 3.05) is 50.8 Å². The third kappa shape index (κ3) is 5.71. The molecule has 1 aliphatic rings. The first-order chi connectivity index (χ1) is 15.6. The van der Waals surface area contributed by atoms with Crippen molar-refractivity contribution in [3.8, 4) is 5.75 Å². The van der Waals surface area contributed by atoms with Crippen molar-refractivity contribution in [2.45, 2.75) is 19.8 Å². The number of piperazine rings is 1. The highest BCUT2D eigenvalue weighted by Crippen LogP contribution is 2.33. The average molecular weight is 473 g/mol. The first kappa shape index (κ1) is 22.8. The fourth-order valence-electron chi connectivity index (χ4n) is 3.69. The summed E-state index contributed by atoms with van der Waals surface area (Å²) in [5.41, 5.74) is 1.53. The van der Waals surface area contributed by atoms with Crippen LogP contribution in [0.2, 0.25) is 5.02 Å². The Hall–Kier alpha value is -2.35. The van der Waals surface area contributed by atoms with Gasteiger partial charge in [-0.25, -0.2) is 4.98 Å². The van der Waals surface area contributed by atoms with E-state index < -0.39 is 0 Å². The lowest BCUT2D eigenvalue weighted by molar-refractivity contribution is 0.0947. The first-order valence-electron chi connectivity index (χ1n) is 11.2. The topological polar surface area (TPSA) is 57.7 Å². The number of halogens is 1. The summed E-state index contributed by atoms with van der Waals surface area (Å²) in [4.78, 5) is 21.9. The number of anilines is 1. The normalized spacial score (nSPS) is 14.6. The van der Waals surface area contributed by atoms with Gasteiger partial charge < -0.3 is 15.0 Å². The smallest absolute Gasteiger partial charge is 0.251 e. The minimum absolute atomic E-state index is 0.0593.